The van der Waals surface area contributed by atoms with Crippen LogP contribution in [-0.2, 0) is 0 Å². The van der Waals surface area contributed by atoms with E-state index in [0.717, 1.165) is 15.8 Å². The van der Waals surface area contributed by atoms with Crippen LogP contribution in [0, 0.1) is 11.3 Å². The lowest BCUT2D eigenvalue weighted by Gasteiger charge is -2.06. The first kappa shape index (κ1) is 16.0. The first-order valence-electron chi connectivity index (χ1n) is 6.79. The minimum Gasteiger partial charge on any atom is -0.493 e. The highest BCUT2D eigenvalue weighted by Gasteiger charge is 2.12. The Bertz CT molecular complexity index is 745. The van der Waals surface area contributed by atoms with Gasteiger partial charge < -0.3 is 4.74 Å². The first-order valence-corrected chi connectivity index (χ1v) is 7.59. The molecule has 0 bridgehead atoms. The summed E-state index contributed by atoms with van der Waals surface area (Å²) in [6.45, 7) is 2.48. The number of hydrogen-bond donors (Lipinski definition) is 0. The Kier molecular flexibility index (Phi) is 5.51. The lowest BCUT2D eigenvalue weighted by Crippen LogP contribution is -2.01. The minimum absolute atomic E-state index is 0.0993. The molecule has 0 aliphatic rings. The number of allylic oxidation sites excluding steroid dienone is 1. The first-order chi connectivity index (χ1) is 10.7. The number of nitriles is 1. The minimum atomic E-state index is -0.284. The van der Waals surface area contributed by atoms with Crippen LogP contribution in [0.1, 0.15) is 22.8 Å². The molecule has 0 aliphatic heterocycles. The maximum absolute atomic E-state index is 12.3. The van der Waals surface area contributed by atoms with Gasteiger partial charge in [-0.1, -0.05) is 36.4 Å². The van der Waals surface area contributed by atoms with Crippen LogP contribution in [0.2, 0.25) is 0 Å². The molecule has 0 amide bonds. The van der Waals surface area contributed by atoms with E-state index in [1.807, 2.05) is 31.2 Å². The molecule has 0 heterocycles. The zero-order valence-corrected chi connectivity index (χ0v) is 13.6. The van der Waals surface area contributed by atoms with Gasteiger partial charge in [0.1, 0.15) is 17.4 Å². The Morgan fingerprint density at radius 2 is 2.00 bits per heavy atom. The van der Waals surface area contributed by atoms with Crippen molar-refractivity contribution in [2.45, 2.75) is 6.92 Å². The zero-order chi connectivity index (χ0) is 15.9. The average Bonchev–Trinajstić information content (AvgIpc) is 2.55. The summed E-state index contributed by atoms with van der Waals surface area (Å²) in [6.07, 6.45) is 1.58. The van der Waals surface area contributed by atoms with Gasteiger partial charge >= 0.3 is 0 Å². The number of carbonyl (C=O) groups excluding carboxylic acids is 1. The lowest BCUT2D eigenvalue weighted by molar-refractivity contribution is 0.104. The molecule has 2 aromatic rings. The largest absolute Gasteiger partial charge is 0.493 e. The van der Waals surface area contributed by atoms with Gasteiger partial charge in [0.25, 0.3) is 0 Å². The fourth-order valence-corrected chi connectivity index (χ4v) is 2.45. The van der Waals surface area contributed by atoms with Gasteiger partial charge in [0.2, 0.25) is 5.78 Å². The zero-order valence-electron chi connectivity index (χ0n) is 12.0. The summed E-state index contributed by atoms with van der Waals surface area (Å²) in [5, 5.41) is 9.25. The predicted molar refractivity (Wildman–Crippen MR) is 89.7 cm³/mol. The summed E-state index contributed by atoms with van der Waals surface area (Å²) < 4.78 is 6.22. The Balaban J connectivity index is 2.32. The van der Waals surface area contributed by atoms with E-state index in [1.165, 1.54) is 0 Å². The second-order valence-corrected chi connectivity index (χ2v) is 5.34. The molecule has 0 saturated heterocycles. The van der Waals surface area contributed by atoms with E-state index >= 15 is 0 Å². The second kappa shape index (κ2) is 7.58. The number of Topliss-reactive ketones (excluding diaryl/α,β-unsaturated/α-hetero) is 1. The van der Waals surface area contributed by atoms with Crippen LogP contribution in [0.15, 0.2) is 58.6 Å². The molecule has 0 saturated carbocycles. The third-order valence-electron chi connectivity index (χ3n) is 2.97. The summed E-state index contributed by atoms with van der Waals surface area (Å²) in [4.78, 5) is 12.3. The van der Waals surface area contributed by atoms with E-state index in [0.29, 0.717) is 12.2 Å². The topological polar surface area (TPSA) is 50.1 Å². The van der Waals surface area contributed by atoms with Gasteiger partial charge in [-0.25, -0.2) is 0 Å². The maximum Gasteiger partial charge on any atom is 0.203 e. The molecule has 0 aliphatic carbocycles. The number of ketones is 1. The van der Waals surface area contributed by atoms with Crippen molar-refractivity contribution in [2.75, 3.05) is 6.61 Å². The third kappa shape index (κ3) is 3.84. The van der Waals surface area contributed by atoms with Crippen LogP contribution in [0.5, 0.6) is 5.75 Å². The molecule has 0 radical (unpaired) electrons. The number of carbonyl (C=O) groups is 1. The third-order valence-corrected chi connectivity index (χ3v) is 3.59. The molecule has 2 aromatic carbocycles. The highest BCUT2D eigenvalue weighted by molar-refractivity contribution is 9.10. The van der Waals surface area contributed by atoms with Crippen molar-refractivity contribution in [2.24, 2.45) is 0 Å². The van der Waals surface area contributed by atoms with Crippen molar-refractivity contribution in [3.05, 3.63) is 69.7 Å². The van der Waals surface area contributed by atoms with Crippen molar-refractivity contribution in [3.63, 3.8) is 0 Å². The Hall–Kier alpha value is -2.38. The molecular formula is C18H14BrNO2. The highest BCUT2D eigenvalue weighted by Crippen LogP contribution is 2.27. The fourth-order valence-electron chi connectivity index (χ4n) is 1.94. The Labute approximate surface area is 138 Å². The number of ether oxygens (including phenoxy) is 1. The lowest BCUT2D eigenvalue weighted by atomic mass is 10.0. The summed E-state index contributed by atoms with van der Waals surface area (Å²) in [6, 6.07) is 16.2. The molecule has 3 nitrogen and oxygen atoms in total. The molecule has 2 rings (SSSR count). The van der Waals surface area contributed by atoms with E-state index < -0.39 is 0 Å². The predicted octanol–water partition coefficient (Wildman–Crippen LogP) is 4.64. The number of benzene rings is 2. The molecule has 0 atom stereocenters. The van der Waals surface area contributed by atoms with E-state index in [4.69, 9.17) is 4.74 Å². The van der Waals surface area contributed by atoms with E-state index in [1.54, 1.807) is 36.4 Å². The number of halogens is 1. The molecule has 22 heavy (non-hydrogen) atoms. The normalized spacial score (nSPS) is 10.9. The molecule has 0 unspecified atom stereocenters. The highest BCUT2D eigenvalue weighted by atomic mass is 79.9. The van der Waals surface area contributed by atoms with Crippen LogP contribution in [0.3, 0.4) is 0 Å². The van der Waals surface area contributed by atoms with Crippen molar-refractivity contribution in [1.29, 1.82) is 5.26 Å². The molecule has 0 N–H and O–H groups in total. The monoisotopic (exact) mass is 355 g/mol. The average molecular weight is 356 g/mol. The quantitative estimate of drug-likeness (QED) is 0.446. The summed E-state index contributed by atoms with van der Waals surface area (Å²) in [7, 11) is 0. The molecule has 0 fully saturated rings. The van der Waals surface area contributed by atoms with Gasteiger partial charge in [0, 0.05) is 5.56 Å². The summed E-state index contributed by atoms with van der Waals surface area (Å²) in [5.41, 5.74) is 1.36. The van der Waals surface area contributed by atoms with Gasteiger partial charge in [-0.05, 0) is 46.6 Å². The smallest absolute Gasteiger partial charge is 0.203 e. The molecule has 4 heteroatoms. The summed E-state index contributed by atoms with van der Waals surface area (Å²) >= 11 is 3.42. The fraction of sp³-hybridized carbons (Fsp3) is 0.111. The van der Waals surface area contributed by atoms with Crippen molar-refractivity contribution >= 4 is 27.8 Å². The molecule has 110 valence electrons. The Morgan fingerprint density at radius 1 is 1.27 bits per heavy atom. The molecule has 0 aromatic heterocycles. The van der Waals surface area contributed by atoms with Gasteiger partial charge in [0.15, 0.2) is 0 Å². The standard InChI is InChI=1S/C18H14BrNO2/c1-2-22-17-9-8-13(11-16(17)19)10-15(12-20)18(21)14-6-4-3-5-7-14/h3-11H,2H2,1H3. The SMILES string of the molecule is CCOc1ccc(C=C(C#N)C(=O)c2ccccc2)cc1Br. The van der Waals surface area contributed by atoms with Gasteiger partial charge in [0.05, 0.1) is 11.1 Å². The Morgan fingerprint density at radius 3 is 2.59 bits per heavy atom. The van der Waals surface area contributed by atoms with Gasteiger partial charge in [-0.2, -0.15) is 5.26 Å². The van der Waals surface area contributed by atoms with Crippen molar-refractivity contribution < 1.29 is 9.53 Å². The maximum atomic E-state index is 12.3. The van der Waals surface area contributed by atoms with Crippen LogP contribution < -0.4 is 4.74 Å². The molecule has 0 spiro atoms. The van der Waals surface area contributed by atoms with Crippen molar-refractivity contribution in [1.82, 2.24) is 0 Å². The number of nitrogens with zero attached hydrogens (tertiary/aromatic N) is 1. The van der Waals surface area contributed by atoms with Crippen LogP contribution >= 0.6 is 15.9 Å². The van der Waals surface area contributed by atoms with Crippen LogP contribution in [0.4, 0.5) is 0 Å². The van der Waals surface area contributed by atoms with Crippen LogP contribution in [0.25, 0.3) is 6.08 Å². The summed E-state index contributed by atoms with van der Waals surface area (Å²) in [5.74, 6) is 0.445. The second-order valence-electron chi connectivity index (χ2n) is 4.49. The number of rotatable bonds is 5. The molecular weight excluding hydrogens is 342 g/mol. The van der Waals surface area contributed by atoms with Gasteiger partial charge in [-0.15, -0.1) is 0 Å². The van der Waals surface area contributed by atoms with Crippen molar-refractivity contribution in [3.8, 4) is 11.8 Å². The van der Waals surface area contributed by atoms with E-state index in [-0.39, 0.29) is 11.4 Å². The van der Waals surface area contributed by atoms with E-state index in [2.05, 4.69) is 15.9 Å². The van der Waals surface area contributed by atoms with E-state index in [9.17, 15) is 10.1 Å². The van der Waals surface area contributed by atoms with Crippen LogP contribution in [-0.4, -0.2) is 12.4 Å². The van der Waals surface area contributed by atoms with Gasteiger partial charge in [-0.3, -0.25) is 4.79 Å². The number of hydrogen-bond acceptors (Lipinski definition) is 3.